The van der Waals surface area contributed by atoms with Crippen LogP contribution in [0.4, 0.5) is 0 Å². The third kappa shape index (κ3) is 7.84. The molecular formula is C6H5ClI2Mg. The van der Waals surface area contributed by atoms with Crippen LogP contribution in [0.5, 0.6) is 0 Å². The van der Waals surface area contributed by atoms with Gasteiger partial charge in [0.05, 0.1) is 0 Å². The van der Waals surface area contributed by atoms with Crippen molar-refractivity contribution < 1.29 is 48.0 Å². The molecule has 0 aliphatic carbocycles. The van der Waals surface area contributed by atoms with E-state index in [1.54, 1.807) is 0 Å². The Morgan fingerprint density at radius 3 is 1.50 bits per heavy atom. The van der Waals surface area contributed by atoms with E-state index in [9.17, 15) is 0 Å². The molecule has 1 aromatic rings. The van der Waals surface area contributed by atoms with E-state index in [0.717, 1.165) is 5.02 Å². The second-order valence-electron chi connectivity index (χ2n) is 1.30. The summed E-state index contributed by atoms with van der Waals surface area (Å²) in [5, 5.41) is 0.794. The van der Waals surface area contributed by atoms with Crippen molar-refractivity contribution in [1.29, 1.82) is 0 Å². The Morgan fingerprint density at radius 1 is 0.900 bits per heavy atom. The van der Waals surface area contributed by atoms with Gasteiger partial charge < -0.3 is 48.0 Å². The Labute approximate surface area is 116 Å². The molecule has 0 fully saturated rings. The van der Waals surface area contributed by atoms with E-state index in [-0.39, 0.29) is 71.0 Å². The molecule has 0 unspecified atom stereocenters. The number of hydrogen-bond acceptors (Lipinski definition) is 0. The van der Waals surface area contributed by atoms with E-state index >= 15 is 0 Å². The van der Waals surface area contributed by atoms with Crippen molar-refractivity contribution in [2.45, 2.75) is 0 Å². The number of benzene rings is 1. The fourth-order valence-corrected chi connectivity index (χ4v) is 0.560. The quantitative estimate of drug-likeness (QED) is 0.313. The summed E-state index contributed by atoms with van der Waals surface area (Å²) in [6.45, 7) is 0. The monoisotopic (exact) mass is 390 g/mol. The van der Waals surface area contributed by atoms with Crippen molar-refractivity contribution in [3.63, 3.8) is 0 Å². The molecule has 10 heavy (non-hydrogen) atoms. The minimum absolute atomic E-state index is 0. The summed E-state index contributed by atoms with van der Waals surface area (Å²) in [6.07, 6.45) is 0. The van der Waals surface area contributed by atoms with E-state index in [1.807, 2.05) is 30.3 Å². The van der Waals surface area contributed by atoms with Crippen LogP contribution < -0.4 is 48.0 Å². The summed E-state index contributed by atoms with van der Waals surface area (Å²) < 4.78 is 0. The van der Waals surface area contributed by atoms with Crippen molar-refractivity contribution in [2.24, 2.45) is 0 Å². The van der Waals surface area contributed by atoms with Gasteiger partial charge in [-0.1, -0.05) is 29.8 Å². The van der Waals surface area contributed by atoms with E-state index in [0.29, 0.717) is 0 Å². The molecule has 4 heteroatoms. The maximum Gasteiger partial charge on any atom is 2.00 e. The van der Waals surface area contributed by atoms with Crippen molar-refractivity contribution in [3.05, 3.63) is 35.4 Å². The van der Waals surface area contributed by atoms with Gasteiger partial charge in [0.15, 0.2) is 0 Å². The smallest absolute Gasteiger partial charge is 1.00 e. The summed E-state index contributed by atoms with van der Waals surface area (Å²) in [4.78, 5) is 0. The zero-order valence-electron chi connectivity index (χ0n) is 5.23. The van der Waals surface area contributed by atoms with Crippen LogP contribution in [0, 0.1) is 0 Å². The SMILES string of the molecule is Clc1ccccc1.[I-].[I-].[Mg+2]. The molecule has 0 nitrogen and oxygen atoms in total. The average molecular weight is 391 g/mol. The summed E-state index contributed by atoms with van der Waals surface area (Å²) in [6, 6.07) is 9.44. The molecule has 0 aliphatic rings. The van der Waals surface area contributed by atoms with Gasteiger partial charge in [-0.25, -0.2) is 0 Å². The first-order chi connectivity index (χ1) is 3.39. The zero-order chi connectivity index (χ0) is 5.11. The van der Waals surface area contributed by atoms with Gasteiger partial charge >= 0.3 is 23.1 Å². The molecule has 1 aromatic carbocycles. The molecule has 0 radical (unpaired) electrons. The van der Waals surface area contributed by atoms with E-state index < -0.39 is 0 Å². The van der Waals surface area contributed by atoms with E-state index in [2.05, 4.69) is 0 Å². The molecule has 0 saturated carbocycles. The Bertz CT molecular complexity index is 146. The second kappa shape index (κ2) is 10.7. The minimum Gasteiger partial charge on any atom is -1.00 e. The van der Waals surface area contributed by atoms with Gasteiger partial charge in [0.25, 0.3) is 0 Å². The molecule has 0 aromatic heterocycles. The van der Waals surface area contributed by atoms with Crippen LogP contribution in [0.25, 0.3) is 0 Å². The van der Waals surface area contributed by atoms with Crippen LogP contribution in [0.15, 0.2) is 30.3 Å². The van der Waals surface area contributed by atoms with Crippen molar-refractivity contribution in [3.8, 4) is 0 Å². The third-order valence-electron chi connectivity index (χ3n) is 0.733. The van der Waals surface area contributed by atoms with Crippen molar-refractivity contribution in [1.82, 2.24) is 0 Å². The molecule has 0 aliphatic heterocycles. The first kappa shape index (κ1) is 17.7. The molecule has 0 saturated heterocycles. The van der Waals surface area contributed by atoms with Gasteiger partial charge in [-0.05, 0) is 12.1 Å². The fourth-order valence-electron chi connectivity index (χ4n) is 0.415. The third-order valence-corrected chi connectivity index (χ3v) is 0.985. The summed E-state index contributed by atoms with van der Waals surface area (Å²) in [7, 11) is 0. The van der Waals surface area contributed by atoms with Crippen LogP contribution >= 0.6 is 11.6 Å². The topological polar surface area (TPSA) is 0 Å². The second-order valence-corrected chi connectivity index (χ2v) is 1.73. The predicted molar refractivity (Wildman–Crippen MR) is 37.2 cm³/mol. The largest absolute Gasteiger partial charge is 2.00 e. The Balaban J connectivity index is -0.000000163. The maximum atomic E-state index is 5.54. The zero-order valence-corrected chi connectivity index (χ0v) is 11.7. The van der Waals surface area contributed by atoms with E-state index in [4.69, 9.17) is 11.6 Å². The molecule has 52 valence electrons. The summed E-state index contributed by atoms with van der Waals surface area (Å²) in [5.74, 6) is 0. The minimum atomic E-state index is 0. The molecule has 0 heterocycles. The number of rotatable bonds is 0. The summed E-state index contributed by atoms with van der Waals surface area (Å²) >= 11 is 5.54. The molecule has 0 atom stereocenters. The molecule has 0 amide bonds. The number of halogens is 3. The Kier molecular flexibility index (Phi) is 19.0. The van der Waals surface area contributed by atoms with Crippen LogP contribution in [0.3, 0.4) is 0 Å². The molecule has 1 rings (SSSR count). The predicted octanol–water partition coefficient (Wildman–Crippen LogP) is -4.03. The fraction of sp³-hybridized carbons (Fsp3) is 0. The number of hydrogen-bond donors (Lipinski definition) is 0. The maximum absolute atomic E-state index is 5.54. The van der Waals surface area contributed by atoms with Gasteiger partial charge in [0.1, 0.15) is 0 Å². The first-order valence-electron chi connectivity index (χ1n) is 2.10. The normalized spacial score (nSPS) is 6.10. The van der Waals surface area contributed by atoms with Crippen LogP contribution in [0.1, 0.15) is 0 Å². The first-order valence-corrected chi connectivity index (χ1v) is 2.48. The Morgan fingerprint density at radius 2 is 1.30 bits per heavy atom. The van der Waals surface area contributed by atoms with Crippen molar-refractivity contribution >= 4 is 34.7 Å². The van der Waals surface area contributed by atoms with Gasteiger partial charge in [-0.3, -0.25) is 0 Å². The van der Waals surface area contributed by atoms with Gasteiger partial charge in [-0.2, -0.15) is 0 Å². The molecular weight excluding hydrogens is 386 g/mol. The van der Waals surface area contributed by atoms with Crippen LogP contribution in [-0.2, 0) is 0 Å². The van der Waals surface area contributed by atoms with Gasteiger partial charge in [0.2, 0.25) is 0 Å². The average Bonchev–Trinajstić information content (AvgIpc) is 1.69. The van der Waals surface area contributed by atoms with Gasteiger partial charge in [-0.15, -0.1) is 0 Å². The molecule has 0 spiro atoms. The van der Waals surface area contributed by atoms with E-state index in [1.165, 1.54) is 0 Å². The van der Waals surface area contributed by atoms with Crippen LogP contribution in [-0.4, -0.2) is 23.1 Å². The molecule has 0 N–H and O–H groups in total. The van der Waals surface area contributed by atoms with Crippen molar-refractivity contribution in [2.75, 3.05) is 0 Å². The Hall–Kier alpha value is 1.74. The standard InChI is InChI=1S/C6H5Cl.2HI.Mg/c7-6-4-2-1-3-5-6;;;/h1-5H;2*1H;/q;;;+2/p-2. The molecule has 0 bridgehead atoms. The van der Waals surface area contributed by atoms with Gasteiger partial charge in [0, 0.05) is 5.02 Å². The summed E-state index contributed by atoms with van der Waals surface area (Å²) in [5.41, 5.74) is 0. The van der Waals surface area contributed by atoms with Crippen LogP contribution in [0.2, 0.25) is 5.02 Å².